The molecule has 98 valence electrons. The first-order valence-corrected chi connectivity index (χ1v) is 5.84. The molecule has 0 aliphatic carbocycles. The number of aromatic amines is 1. The maximum Gasteiger partial charge on any atom is 0.260 e. The summed E-state index contributed by atoms with van der Waals surface area (Å²) in [4.78, 5) is 18.5. The van der Waals surface area contributed by atoms with Crippen LogP contribution in [0, 0.1) is 6.92 Å². The molecule has 2 aromatic rings. The predicted molar refractivity (Wildman–Crippen MR) is 67.6 cm³/mol. The number of hydrogen-bond donors (Lipinski definition) is 2. The van der Waals surface area contributed by atoms with Crippen LogP contribution in [0.15, 0.2) is 17.3 Å². The molecule has 0 aliphatic heterocycles. The van der Waals surface area contributed by atoms with Crippen LogP contribution in [0.2, 0.25) is 0 Å². The molecule has 0 saturated heterocycles. The van der Waals surface area contributed by atoms with Gasteiger partial charge >= 0.3 is 0 Å². The van der Waals surface area contributed by atoms with E-state index in [-0.39, 0.29) is 18.3 Å². The Bertz CT molecular complexity index is 584. The number of aryl methyl sites for hydroxylation is 2. The van der Waals surface area contributed by atoms with Gasteiger partial charge in [-0.05, 0) is 18.9 Å². The number of ether oxygens (including phenoxy) is 1. The van der Waals surface area contributed by atoms with E-state index in [2.05, 4.69) is 9.97 Å². The van der Waals surface area contributed by atoms with E-state index in [1.807, 2.05) is 17.7 Å². The standard InChI is InChI=1S/C12H17N3O3/c1-8-5-15(4-3-9(6-16)18-2)11-10(8)12(17)14-7-13-11/h5,7,9,16H,3-4,6H2,1-2H3,(H,13,14,17). The zero-order valence-corrected chi connectivity index (χ0v) is 10.5. The number of fused-ring (bicyclic) bond motifs is 1. The maximum absolute atomic E-state index is 11.7. The summed E-state index contributed by atoms with van der Waals surface area (Å²) in [5.74, 6) is 0. The summed E-state index contributed by atoms with van der Waals surface area (Å²) < 4.78 is 7.03. The average molecular weight is 251 g/mol. The monoisotopic (exact) mass is 251 g/mol. The summed E-state index contributed by atoms with van der Waals surface area (Å²) >= 11 is 0. The molecule has 18 heavy (non-hydrogen) atoms. The molecular weight excluding hydrogens is 234 g/mol. The highest BCUT2D eigenvalue weighted by Gasteiger charge is 2.11. The first-order valence-electron chi connectivity index (χ1n) is 5.84. The van der Waals surface area contributed by atoms with Gasteiger partial charge in [-0.25, -0.2) is 4.98 Å². The summed E-state index contributed by atoms with van der Waals surface area (Å²) in [5, 5.41) is 9.68. The molecule has 2 N–H and O–H groups in total. The molecule has 6 nitrogen and oxygen atoms in total. The molecule has 0 radical (unpaired) electrons. The molecule has 0 aliphatic rings. The number of aliphatic hydroxyl groups excluding tert-OH is 1. The van der Waals surface area contributed by atoms with Gasteiger partial charge in [0.2, 0.25) is 0 Å². The fourth-order valence-corrected chi connectivity index (χ4v) is 2.06. The summed E-state index contributed by atoms with van der Waals surface area (Å²) in [6.45, 7) is 2.53. The van der Waals surface area contributed by atoms with E-state index < -0.39 is 0 Å². The maximum atomic E-state index is 11.7. The van der Waals surface area contributed by atoms with Gasteiger partial charge in [0.15, 0.2) is 0 Å². The van der Waals surface area contributed by atoms with Crippen LogP contribution < -0.4 is 5.56 Å². The highest BCUT2D eigenvalue weighted by Crippen LogP contribution is 2.15. The SMILES string of the molecule is COC(CO)CCn1cc(C)c2c(=O)[nH]cnc21. The molecule has 2 rings (SSSR count). The average Bonchev–Trinajstić information content (AvgIpc) is 2.69. The van der Waals surface area contributed by atoms with Crippen molar-refractivity contribution in [1.29, 1.82) is 0 Å². The first-order chi connectivity index (χ1) is 8.67. The Hall–Kier alpha value is -1.66. The van der Waals surface area contributed by atoms with E-state index in [4.69, 9.17) is 9.84 Å². The number of rotatable bonds is 5. The molecule has 0 bridgehead atoms. The molecule has 1 atom stereocenters. The van der Waals surface area contributed by atoms with Crippen LogP contribution in [0.4, 0.5) is 0 Å². The fourth-order valence-electron chi connectivity index (χ4n) is 2.06. The van der Waals surface area contributed by atoms with Gasteiger partial charge in [0.25, 0.3) is 5.56 Å². The first kappa shape index (κ1) is 12.8. The second kappa shape index (κ2) is 5.32. The van der Waals surface area contributed by atoms with Gasteiger partial charge in [-0.1, -0.05) is 0 Å². The largest absolute Gasteiger partial charge is 0.394 e. The van der Waals surface area contributed by atoms with Crippen LogP contribution >= 0.6 is 0 Å². The molecule has 2 heterocycles. The van der Waals surface area contributed by atoms with Crippen LogP contribution in [-0.2, 0) is 11.3 Å². The normalized spacial score (nSPS) is 13.1. The highest BCUT2D eigenvalue weighted by atomic mass is 16.5. The fraction of sp³-hybridized carbons (Fsp3) is 0.500. The lowest BCUT2D eigenvalue weighted by molar-refractivity contribution is 0.0405. The molecule has 0 fully saturated rings. The minimum atomic E-state index is -0.190. The lowest BCUT2D eigenvalue weighted by atomic mass is 10.2. The lowest BCUT2D eigenvalue weighted by Gasteiger charge is -2.12. The lowest BCUT2D eigenvalue weighted by Crippen LogP contribution is -2.18. The number of hydrogen-bond acceptors (Lipinski definition) is 4. The quantitative estimate of drug-likeness (QED) is 0.807. The summed E-state index contributed by atoms with van der Waals surface area (Å²) in [7, 11) is 1.57. The van der Waals surface area contributed by atoms with Gasteiger partial charge in [0.05, 0.1) is 24.4 Å². The van der Waals surface area contributed by atoms with Gasteiger partial charge in [-0.3, -0.25) is 4.79 Å². The van der Waals surface area contributed by atoms with Crippen molar-refractivity contribution in [3.63, 3.8) is 0 Å². The number of H-pyrrole nitrogens is 1. The molecular formula is C12H17N3O3. The van der Waals surface area contributed by atoms with Crippen molar-refractivity contribution < 1.29 is 9.84 Å². The summed E-state index contributed by atoms with van der Waals surface area (Å²) in [6.07, 6.45) is 3.78. The van der Waals surface area contributed by atoms with E-state index in [1.165, 1.54) is 6.33 Å². The van der Waals surface area contributed by atoms with Crippen LogP contribution in [0.3, 0.4) is 0 Å². The molecule has 0 amide bonds. The number of nitrogens with zero attached hydrogens (tertiary/aromatic N) is 2. The summed E-state index contributed by atoms with van der Waals surface area (Å²) in [5.41, 5.74) is 1.45. The number of aromatic nitrogens is 3. The van der Waals surface area contributed by atoms with Crippen LogP contribution in [0.25, 0.3) is 11.0 Å². The Balaban J connectivity index is 2.29. The molecule has 2 aromatic heterocycles. The van der Waals surface area contributed by atoms with Crippen molar-refractivity contribution in [2.75, 3.05) is 13.7 Å². The van der Waals surface area contributed by atoms with Gasteiger partial charge in [-0.15, -0.1) is 0 Å². The van der Waals surface area contributed by atoms with Crippen molar-refractivity contribution in [2.24, 2.45) is 0 Å². The Labute approximate surface area is 104 Å². The topological polar surface area (TPSA) is 80.1 Å². The molecule has 0 saturated carbocycles. The Morgan fingerprint density at radius 3 is 3.06 bits per heavy atom. The third-order valence-corrected chi connectivity index (χ3v) is 3.08. The highest BCUT2D eigenvalue weighted by molar-refractivity contribution is 5.78. The Morgan fingerprint density at radius 1 is 1.61 bits per heavy atom. The van der Waals surface area contributed by atoms with E-state index in [1.54, 1.807) is 7.11 Å². The van der Waals surface area contributed by atoms with Crippen molar-refractivity contribution >= 4 is 11.0 Å². The van der Waals surface area contributed by atoms with Crippen molar-refractivity contribution in [3.8, 4) is 0 Å². The second-order valence-electron chi connectivity index (χ2n) is 4.26. The van der Waals surface area contributed by atoms with Gasteiger partial charge in [0.1, 0.15) is 5.65 Å². The zero-order valence-electron chi connectivity index (χ0n) is 10.5. The second-order valence-corrected chi connectivity index (χ2v) is 4.26. The van der Waals surface area contributed by atoms with Crippen molar-refractivity contribution in [2.45, 2.75) is 26.0 Å². The third-order valence-electron chi connectivity index (χ3n) is 3.08. The molecule has 0 aromatic carbocycles. The van der Waals surface area contributed by atoms with Crippen LogP contribution in [-0.4, -0.2) is 39.5 Å². The third kappa shape index (κ3) is 2.30. The van der Waals surface area contributed by atoms with E-state index in [9.17, 15) is 4.79 Å². The van der Waals surface area contributed by atoms with Gasteiger partial charge in [0, 0.05) is 19.9 Å². The van der Waals surface area contributed by atoms with Crippen molar-refractivity contribution in [1.82, 2.24) is 14.5 Å². The van der Waals surface area contributed by atoms with E-state index in [0.717, 1.165) is 5.56 Å². The minimum absolute atomic E-state index is 0.0112. The Kier molecular flexibility index (Phi) is 3.78. The molecule has 1 unspecified atom stereocenters. The van der Waals surface area contributed by atoms with Gasteiger partial charge in [-0.2, -0.15) is 0 Å². The summed E-state index contributed by atoms with van der Waals surface area (Å²) in [6, 6.07) is 0. The number of aliphatic hydroxyl groups is 1. The van der Waals surface area contributed by atoms with E-state index in [0.29, 0.717) is 24.0 Å². The Morgan fingerprint density at radius 2 is 2.39 bits per heavy atom. The molecule has 6 heteroatoms. The van der Waals surface area contributed by atoms with Crippen molar-refractivity contribution in [3.05, 3.63) is 28.4 Å². The zero-order chi connectivity index (χ0) is 13.1. The van der Waals surface area contributed by atoms with E-state index >= 15 is 0 Å². The minimum Gasteiger partial charge on any atom is -0.394 e. The number of nitrogens with one attached hydrogen (secondary N) is 1. The predicted octanol–water partition coefficient (Wildman–Crippen LogP) is 0.430. The number of methoxy groups -OCH3 is 1. The molecule has 0 spiro atoms. The van der Waals surface area contributed by atoms with Gasteiger partial charge < -0.3 is 19.4 Å². The van der Waals surface area contributed by atoms with Crippen LogP contribution in [0.1, 0.15) is 12.0 Å². The smallest absolute Gasteiger partial charge is 0.260 e. The van der Waals surface area contributed by atoms with Crippen LogP contribution in [0.5, 0.6) is 0 Å².